The van der Waals surface area contributed by atoms with E-state index in [9.17, 15) is 4.79 Å². The van der Waals surface area contributed by atoms with Crippen molar-refractivity contribution in [3.05, 3.63) is 22.8 Å². The molecule has 0 bridgehead atoms. The van der Waals surface area contributed by atoms with Crippen LogP contribution in [-0.2, 0) is 11.3 Å². The minimum absolute atomic E-state index is 0.254. The summed E-state index contributed by atoms with van der Waals surface area (Å²) >= 11 is 5.86. The highest BCUT2D eigenvalue weighted by Gasteiger charge is 2.16. The number of aromatic nitrogens is 1. The molecule has 1 heterocycles. The fourth-order valence-electron chi connectivity index (χ4n) is 1.13. The molecule has 0 aliphatic rings. The summed E-state index contributed by atoms with van der Waals surface area (Å²) in [6.45, 7) is 5.60. The van der Waals surface area contributed by atoms with Crippen molar-refractivity contribution in [2.75, 3.05) is 5.32 Å². The molecule has 0 saturated carbocycles. The first kappa shape index (κ1) is 13.7. The predicted molar refractivity (Wildman–Crippen MR) is 67.0 cm³/mol. The number of carbonyl (C=O) groups is 1. The summed E-state index contributed by atoms with van der Waals surface area (Å²) < 4.78 is 5.09. The number of hydrogen-bond acceptors (Lipinski definition) is 4. The van der Waals surface area contributed by atoms with E-state index in [4.69, 9.17) is 22.1 Å². The topological polar surface area (TPSA) is 77.2 Å². The number of carbonyl (C=O) groups excluding carboxylic acids is 1. The minimum atomic E-state index is -0.574. The van der Waals surface area contributed by atoms with Gasteiger partial charge in [-0.05, 0) is 32.9 Å². The van der Waals surface area contributed by atoms with Crippen LogP contribution in [0.1, 0.15) is 26.5 Å². The molecule has 0 unspecified atom stereocenters. The molecular weight excluding hydrogens is 242 g/mol. The maximum atomic E-state index is 11.5. The van der Waals surface area contributed by atoms with Crippen molar-refractivity contribution in [1.29, 1.82) is 0 Å². The highest BCUT2D eigenvalue weighted by molar-refractivity contribution is 6.30. The minimum Gasteiger partial charge on any atom is -0.444 e. The Bertz CT molecular complexity index is 416. The van der Waals surface area contributed by atoms with Gasteiger partial charge in [-0.2, -0.15) is 0 Å². The van der Waals surface area contributed by atoms with Gasteiger partial charge in [0.25, 0.3) is 0 Å². The van der Waals surface area contributed by atoms with Crippen molar-refractivity contribution >= 4 is 23.5 Å². The van der Waals surface area contributed by atoms with Gasteiger partial charge in [0.1, 0.15) is 11.4 Å². The van der Waals surface area contributed by atoms with E-state index in [1.165, 1.54) is 6.07 Å². The van der Waals surface area contributed by atoms with Crippen LogP contribution in [0.15, 0.2) is 12.1 Å². The second-order valence-corrected chi connectivity index (χ2v) is 4.93. The molecule has 5 nitrogen and oxygen atoms in total. The van der Waals surface area contributed by atoms with Gasteiger partial charge in [-0.25, -0.2) is 9.78 Å². The molecule has 1 amide bonds. The number of rotatable bonds is 2. The molecule has 0 fully saturated rings. The van der Waals surface area contributed by atoms with Gasteiger partial charge < -0.3 is 10.5 Å². The molecule has 94 valence electrons. The summed E-state index contributed by atoms with van der Waals surface area (Å²) in [6, 6.07) is 3.17. The molecule has 17 heavy (non-hydrogen) atoms. The SMILES string of the molecule is CC(C)(C)OC(=O)Nc1cc(Cl)cc(CN)n1. The van der Waals surface area contributed by atoms with Crippen LogP contribution < -0.4 is 11.1 Å². The van der Waals surface area contributed by atoms with E-state index in [0.717, 1.165) is 0 Å². The van der Waals surface area contributed by atoms with Gasteiger partial charge in [0, 0.05) is 11.6 Å². The molecule has 0 aliphatic heterocycles. The molecule has 0 aliphatic carbocycles. The Morgan fingerprint density at radius 1 is 1.53 bits per heavy atom. The largest absolute Gasteiger partial charge is 0.444 e. The number of amides is 1. The van der Waals surface area contributed by atoms with Gasteiger partial charge in [-0.1, -0.05) is 11.6 Å². The Hall–Kier alpha value is -1.33. The molecule has 1 aromatic rings. The Morgan fingerprint density at radius 3 is 2.71 bits per heavy atom. The smallest absolute Gasteiger partial charge is 0.413 e. The summed E-state index contributed by atoms with van der Waals surface area (Å²) in [5, 5.41) is 2.97. The zero-order chi connectivity index (χ0) is 13.1. The van der Waals surface area contributed by atoms with Crippen molar-refractivity contribution in [3.63, 3.8) is 0 Å². The molecule has 6 heteroatoms. The van der Waals surface area contributed by atoms with Crippen LogP contribution in [0, 0.1) is 0 Å². The second-order valence-electron chi connectivity index (χ2n) is 4.49. The number of nitrogens with two attached hydrogens (primary N) is 1. The average molecular weight is 258 g/mol. The number of nitrogens with one attached hydrogen (secondary N) is 1. The van der Waals surface area contributed by atoms with Crippen molar-refractivity contribution in [2.24, 2.45) is 5.73 Å². The monoisotopic (exact) mass is 257 g/mol. The number of ether oxygens (including phenoxy) is 1. The third-order valence-corrected chi connectivity index (χ3v) is 1.90. The Balaban J connectivity index is 2.74. The van der Waals surface area contributed by atoms with Gasteiger partial charge in [-0.3, -0.25) is 5.32 Å². The lowest BCUT2D eigenvalue weighted by Crippen LogP contribution is -2.27. The number of hydrogen-bond donors (Lipinski definition) is 2. The number of anilines is 1. The van der Waals surface area contributed by atoms with E-state index in [0.29, 0.717) is 16.5 Å². The zero-order valence-corrected chi connectivity index (χ0v) is 10.8. The van der Waals surface area contributed by atoms with Crippen LogP contribution in [0.25, 0.3) is 0 Å². The second kappa shape index (κ2) is 5.33. The first-order valence-electron chi connectivity index (χ1n) is 5.17. The van der Waals surface area contributed by atoms with Gasteiger partial charge in [0.05, 0.1) is 5.69 Å². The fraction of sp³-hybridized carbons (Fsp3) is 0.455. The maximum Gasteiger partial charge on any atom is 0.413 e. The van der Waals surface area contributed by atoms with Crippen LogP contribution in [-0.4, -0.2) is 16.7 Å². The van der Waals surface area contributed by atoms with Crippen molar-refractivity contribution in [3.8, 4) is 0 Å². The summed E-state index contributed by atoms with van der Waals surface area (Å²) in [7, 11) is 0. The first-order chi connectivity index (χ1) is 7.80. The summed E-state index contributed by atoms with van der Waals surface area (Å²) in [6.07, 6.45) is -0.574. The van der Waals surface area contributed by atoms with E-state index >= 15 is 0 Å². The average Bonchev–Trinajstić information content (AvgIpc) is 2.13. The van der Waals surface area contributed by atoms with Crippen LogP contribution in [0.3, 0.4) is 0 Å². The van der Waals surface area contributed by atoms with E-state index in [1.807, 2.05) is 0 Å². The third kappa shape index (κ3) is 5.01. The molecule has 0 spiro atoms. The van der Waals surface area contributed by atoms with Gasteiger partial charge in [0.2, 0.25) is 0 Å². The van der Waals surface area contributed by atoms with Crippen LogP contribution >= 0.6 is 11.6 Å². The number of halogens is 1. The Labute approximate surface area is 105 Å². The summed E-state index contributed by atoms with van der Waals surface area (Å²) in [4.78, 5) is 15.6. The lowest BCUT2D eigenvalue weighted by Gasteiger charge is -2.19. The standard InChI is InChI=1S/C11H16ClN3O2/c1-11(2,3)17-10(16)15-9-5-7(12)4-8(6-13)14-9/h4-5H,6,13H2,1-3H3,(H,14,15,16). The van der Waals surface area contributed by atoms with E-state index in [-0.39, 0.29) is 6.54 Å². The van der Waals surface area contributed by atoms with E-state index < -0.39 is 11.7 Å². The molecule has 0 atom stereocenters. The van der Waals surface area contributed by atoms with Crippen LogP contribution in [0.2, 0.25) is 5.02 Å². The molecule has 0 aromatic carbocycles. The molecular formula is C11H16ClN3O2. The normalized spacial score (nSPS) is 11.1. The van der Waals surface area contributed by atoms with Crippen LogP contribution in [0.5, 0.6) is 0 Å². The summed E-state index contributed by atoms with van der Waals surface area (Å²) in [5.41, 5.74) is 5.50. The zero-order valence-electron chi connectivity index (χ0n) is 10.1. The quantitative estimate of drug-likeness (QED) is 0.854. The first-order valence-corrected chi connectivity index (χ1v) is 5.54. The van der Waals surface area contributed by atoms with Gasteiger partial charge >= 0.3 is 6.09 Å². The molecule has 0 saturated heterocycles. The molecule has 0 radical (unpaired) electrons. The fourth-order valence-corrected chi connectivity index (χ4v) is 1.36. The summed E-state index contributed by atoms with van der Waals surface area (Å²) in [5.74, 6) is 0.326. The predicted octanol–water partition coefficient (Wildman–Crippen LogP) is 2.54. The molecule has 1 aromatic heterocycles. The molecule has 1 rings (SSSR count). The highest BCUT2D eigenvalue weighted by atomic mass is 35.5. The maximum absolute atomic E-state index is 11.5. The van der Waals surface area contributed by atoms with Crippen molar-refractivity contribution in [2.45, 2.75) is 32.9 Å². The molecule has 3 N–H and O–H groups in total. The lowest BCUT2D eigenvalue weighted by atomic mass is 10.2. The van der Waals surface area contributed by atoms with Crippen LogP contribution in [0.4, 0.5) is 10.6 Å². The Morgan fingerprint density at radius 2 is 2.18 bits per heavy atom. The lowest BCUT2D eigenvalue weighted by molar-refractivity contribution is 0.0635. The van der Waals surface area contributed by atoms with Crippen molar-refractivity contribution < 1.29 is 9.53 Å². The number of nitrogens with zero attached hydrogens (tertiary/aromatic N) is 1. The van der Waals surface area contributed by atoms with E-state index in [2.05, 4.69) is 10.3 Å². The van der Waals surface area contributed by atoms with Crippen molar-refractivity contribution in [1.82, 2.24) is 4.98 Å². The third-order valence-electron chi connectivity index (χ3n) is 1.68. The van der Waals surface area contributed by atoms with Gasteiger partial charge in [-0.15, -0.1) is 0 Å². The number of pyridine rings is 1. The van der Waals surface area contributed by atoms with Gasteiger partial charge in [0.15, 0.2) is 0 Å². The van der Waals surface area contributed by atoms with E-state index in [1.54, 1.807) is 26.8 Å². The highest BCUT2D eigenvalue weighted by Crippen LogP contribution is 2.16. The Kier molecular flexibility index (Phi) is 4.31.